The van der Waals surface area contributed by atoms with Gasteiger partial charge in [0.25, 0.3) is 0 Å². The number of alkyl halides is 1. The van der Waals surface area contributed by atoms with Crippen LogP contribution in [-0.4, -0.2) is 39.2 Å². The minimum atomic E-state index is -1.29. The smallest absolute Gasteiger partial charge is 0.305 e. The van der Waals surface area contributed by atoms with E-state index in [1.807, 2.05) is 0 Å². The number of esters is 1. The number of halogens is 1. The number of carbonyl (C=O) groups is 1. The third kappa shape index (κ3) is 7.48. The quantitative estimate of drug-likeness (QED) is 0.206. The normalized spacial score (nSPS) is 11.9. The summed E-state index contributed by atoms with van der Waals surface area (Å²) in [5, 5.41) is 5.55. The molecule has 0 saturated carbocycles. The summed E-state index contributed by atoms with van der Waals surface area (Å²) in [5.41, 5.74) is 0. The van der Waals surface area contributed by atoms with Crippen molar-refractivity contribution in [2.75, 3.05) is 20.3 Å². The van der Waals surface area contributed by atoms with Crippen LogP contribution in [0, 0.1) is 0 Å². The highest BCUT2D eigenvalue weighted by atomic mass is 19.1. The number of hydrogen-bond acceptors (Lipinski definition) is 5. The number of hydrogen-bond donors (Lipinski definition) is 1. The molecule has 1 unspecified atom stereocenters. The van der Waals surface area contributed by atoms with Gasteiger partial charge in [0.2, 0.25) is 0 Å². The van der Waals surface area contributed by atoms with E-state index in [1.165, 1.54) is 7.11 Å². The van der Waals surface area contributed by atoms with Gasteiger partial charge in [0, 0.05) is 13.1 Å². The number of methoxy groups -OCH3 is 1. The standard InChI is InChI=1S/C8H15FN2O3/c1-10-14-6-7(9)11-5-3-4-8(12)13-2/h7,11H,1,3-6H2,2H3. The van der Waals surface area contributed by atoms with Crippen molar-refractivity contribution in [1.29, 1.82) is 0 Å². The second-order valence-corrected chi connectivity index (χ2v) is 2.53. The Balaban J connectivity index is 3.26. The summed E-state index contributed by atoms with van der Waals surface area (Å²) < 4.78 is 17.2. The van der Waals surface area contributed by atoms with E-state index in [0.29, 0.717) is 13.0 Å². The van der Waals surface area contributed by atoms with Crippen molar-refractivity contribution < 1.29 is 18.8 Å². The molecule has 0 fully saturated rings. The van der Waals surface area contributed by atoms with Crippen LogP contribution < -0.4 is 5.32 Å². The molecule has 5 nitrogen and oxygen atoms in total. The summed E-state index contributed by atoms with van der Waals surface area (Å²) in [4.78, 5) is 15.0. The first-order valence-corrected chi connectivity index (χ1v) is 4.23. The second-order valence-electron chi connectivity index (χ2n) is 2.53. The van der Waals surface area contributed by atoms with Crippen molar-refractivity contribution in [3.63, 3.8) is 0 Å². The van der Waals surface area contributed by atoms with Crippen LogP contribution in [0.5, 0.6) is 0 Å². The topological polar surface area (TPSA) is 59.9 Å². The molecule has 0 aromatic carbocycles. The Labute approximate surface area is 82.2 Å². The maximum absolute atomic E-state index is 12.8. The van der Waals surface area contributed by atoms with Gasteiger partial charge in [0.1, 0.15) is 0 Å². The van der Waals surface area contributed by atoms with E-state index >= 15 is 0 Å². The van der Waals surface area contributed by atoms with Gasteiger partial charge in [-0.25, -0.2) is 4.39 Å². The predicted molar refractivity (Wildman–Crippen MR) is 49.6 cm³/mol. The summed E-state index contributed by atoms with van der Waals surface area (Å²) in [6.45, 7) is 3.24. The van der Waals surface area contributed by atoms with E-state index in [9.17, 15) is 9.18 Å². The minimum Gasteiger partial charge on any atom is -0.469 e. The molecule has 1 atom stereocenters. The van der Waals surface area contributed by atoms with Crippen LogP contribution in [0.4, 0.5) is 4.39 Å². The van der Waals surface area contributed by atoms with Crippen LogP contribution in [0.15, 0.2) is 5.16 Å². The van der Waals surface area contributed by atoms with E-state index < -0.39 is 6.30 Å². The maximum atomic E-state index is 12.8. The lowest BCUT2D eigenvalue weighted by molar-refractivity contribution is -0.140. The van der Waals surface area contributed by atoms with Gasteiger partial charge in [-0.1, -0.05) is 0 Å². The molecule has 0 rings (SSSR count). The van der Waals surface area contributed by atoms with Crippen molar-refractivity contribution in [2.45, 2.75) is 19.1 Å². The van der Waals surface area contributed by atoms with Crippen LogP contribution in [0.25, 0.3) is 0 Å². The average molecular weight is 206 g/mol. The number of carbonyl (C=O) groups excluding carboxylic acids is 1. The summed E-state index contributed by atoms with van der Waals surface area (Å²) in [6.07, 6.45) is -0.496. The monoisotopic (exact) mass is 206 g/mol. The Morgan fingerprint density at radius 1 is 1.71 bits per heavy atom. The Kier molecular flexibility index (Phi) is 7.72. The van der Waals surface area contributed by atoms with E-state index in [4.69, 9.17) is 0 Å². The van der Waals surface area contributed by atoms with Gasteiger partial charge in [0.05, 0.1) is 7.11 Å². The van der Waals surface area contributed by atoms with Gasteiger partial charge in [-0.15, -0.1) is 5.16 Å². The first kappa shape index (κ1) is 12.8. The number of ether oxygens (including phenoxy) is 1. The molecule has 0 aliphatic carbocycles. The lowest BCUT2D eigenvalue weighted by Crippen LogP contribution is -2.29. The summed E-state index contributed by atoms with van der Waals surface area (Å²) in [6, 6.07) is 0. The molecule has 0 heterocycles. The van der Waals surface area contributed by atoms with Crippen LogP contribution in [0.3, 0.4) is 0 Å². The third-order valence-corrected chi connectivity index (χ3v) is 1.46. The fourth-order valence-corrected chi connectivity index (χ4v) is 0.771. The molecule has 0 amide bonds. The average Bonchev–Trinajstić information content (AvgIpc) is 2.21. The first-order chi connectivity index (χ1) is 6.70. The Hall–Kier alpha value is -1.17. The zero-order valence-electron chi connectivity index (χ0n) is 8.16. The fraction of sp³-hybridized carbons (Fsp3) is 0.750. The zero-order valence-corrected chi connectivity index (χ0v) is 8.16. The van der Waals surface area contributed by atoms with Gasteiger partial charge in [0.15, 0.2) is 12.9 Å². The van der Waals surface area contributed by atoms with E-state index in [1.54, 1.807) is 0 Å². The molecule has 14 heavy (non-hydrogen) atoms. The summed E-state index contributed by atoms with van der Waals surface area (Å²) in [5.74, 6) is -0.300. The molecule has 0 saturated heterocycles. The molecule has 0 radical (unpaired) electrons. The third-order valence-electron chi connectivity index (χ3n) is 1.46. The van der Waals surface area contributed by atoms with Crippen molar-refractivity contribution in [1.82, 2.24) is 5.32 Å². The van der Waals surface area contributed by atoms with Crippen LogP contribution in [0.1, 0.15) is 12.8 Å². The predicted octanol–water partition coefficient (Wildman–Crippen LogP) is 0.457. The molecule has 0 aromatic rings. The van der Waals surface area contributed by atoms with Gasteiger partial charge in [-0.05, 0) is 13.0 Å². The molecule has 1 N–H and O–H groups in total. The van der Waals surface area contributed by atoms with Crippen molar-refractivity contribution in [3.8, 4) is 0 Å². The zero-order chi connectivity index (χ0) is 10.8. The Morgan fingerprint density at radius 2 is 2.43 bits per heavy atom. The molecule has 6 heteroatoms. The van der Waals surface area contributed by atoms with E-state index in [-0.39, 0.29) is 19.0 Å². The SMILES string of the molecule is C=NOCC(F)NCCCC(=O)OC. The molecule has 82 valence electrons. The lowest BCUT2D eigenvalue weighted by atomic mass is 10.3. The molecule has 0 aliphatic heterocycles. The number of oxime groups is 1. The van der Waals surface area contributed by atoms with Crippen molar-refractivity contribution >= 4 is 12.7 Å². The summed E-state index contributed by atoms with van der Waals surface area (Å²) in [7, 11) is 1.32. The van der Waals surface area contributed by atoms with E-state index in [0.717, 1.165) is 0 Å². The highest BCUT2D eigenvalue weighted by Crippen LogP contribution is 1.92. The van der Waals surface area contributed by atoms with Crippen molar-refractivity contribution in [2.24, 2.45) is 5.16 Å². The molecule has 0 spiro atoms. The van der Waals surface area contributed by atoms with Gasteiger partial charge in [-0.2, -0.15) is 0 Å². The molecule has 0 bridgehead atoms. The second kappa shape index (κ2) is 8.43. The number of rotatable bonds is 8. The highest BCUT2D eigenvalue weighted by Gasteiger charge is 2.05. The van der Waals surface area contributed by atoms with Crippen LogP contribution in [0.2, 0.25) is 0 Å². The molecule has 0 aliphatic rings. The molecular formula is C8H15FN2O3. The molecule has 0 aromatic heterocycles. The van der Waals surface area contributed by atoms with E-state index in [2.05, 4.69) is 26.8 Å². The summed E-state index contributed by atoms with van der Waals surface area (Å²) >= 11 is 0. The Morgan fingerprint density at radius 3 is 3.00 bits per heavy atom. The lowest BCUT2D eigenvalue weighted by Gasteiger charge is -2.08. The fourth-order valence-electron chi connectivity index (χ4n) is 0.771. The Bertz CT molecular complexity index is 178. The van der Waals surface area contributed by atoms with Crippen LogP contribution in [-0.2, 0) is 14.4 Å². The highest BCUT2D eigenvalue weighted by molar-refractivity contribution is 5.69. The largest absolute Gasteiger partial charge is 0.469 e. The maximum Gasteiger partial charge on any atom is 0.305 e. The number of nitrogens with zero attached hydrogens (tertiary/aromatic N) is 1. The molecular weight excluding hydrogens is 191 g/mol. The van der Waals surface area contributed by atoms with Gasteiger partial charge >= 0.3 is 5.97 Å². The number of nitrogens with one attached hydrogen (secondary N) is 1. The first-order valence-electron chi connectivity index (χ1n) is 4.23. The van der Waals surface area contributed by atoms with Gasteiger partial charge < -0.3 is 9.57 Å². The van der Waals surface area contributed by atoms with Crippen molar-refractivity contribution in [3.05, 3.63) is 0 Å². The van der Waals surface area contributed by atoms with Crippen LogP contribution >= 0.6 is 0 Å². The van der Waals surface area contributed by atoms with Gasteiger partial charge in [-0.3, -0.25) is 10.1 Å². The minimum absolute atomic E-state index is 0.179.